The number of imidazole rings is 1. The second-order valence-corrected chi connectivity index (χ2v) is 5.14. The van der Waals surface area contributed by atoms with Crippen LogP contribution in [0.25, 0.3) is 0 Å². The lowest BCUT2D eigenvalue weighted by Crippen LogP contribution is -2.32. The van der Waals surface area contributed by atoms with E-state index in [2.05, 4.69) is 47.0 Å². The molecule has 0 aliphatic rings. The summed E-state index contributed by atoms with van der Waals surface area (Å²) in [5, 5.41) is 3.43. The average Bonchev–Trinajstić information content (AvgIpc) is 2.72. The van der Waals surface area contributed by atoms with Crippen LogP contribution >= 0.6 is 0 Å². The Labute approximate surface area is 117 Å². The molecule has 1 heterocycles. The van der Waals surface area contributed by atoms with Gasteiger partial charge in [-0.3, -0.25) is 0 Å². The second-order valence-electron chi connectivity index (χ2n) is 5.14. The quantitative estimate of drug-likeness (QED) is 0.695. The number of likely N-dealkylation sites (N-methyl/N-ethyl adjacent to an activating group) is 1. The Morgan fingerprint density at radius 1 is 1.47 bits per heavy atom. The first kappa shape index (κ1) is 16.0. The topological polar surface area (TPSA) is 42.3 Å². The molecule has 1 atom stereocenters. The normalized spacial score (nSPS) is 12.9. The van der Waals surface area contributed by atoms with Crippen LogP contribution in [-0.2, 0) is 11.3 Å². The van der Waals surface area contributed by atoms with Gasteiger partial charge in [-0.1, -0.05) is 0 Å². The summed E-state index contributed by atoms with van der Waals surface area (Å²) in [4.78, 5) is 6.73. The number of aryl methyl sites for hydroxylation is 2. The Morgan fingerprint density at radius 3 is 2.84 bits per heavy atom. The summed E-state index contributed by atoms with van der Waals surface area (Å²) in [6.45, 7) is 9.68. The highest BCUT2D eigenvalue weighted by atomic mass is 16.5. The van der Waals surface area contributed by atoms with Crippen LogP contribution in [0, 0.1) is 6.92 Å². The maximum atomic E-state index is 5.37. The van der Waals surface area contributed by atoms with Crippen molar-refractivity contribution in [2.24, 2.45) is 0 Å². The van der Waals surface area contributed by atoms with Gasteiger partial charge >= 0.3 is 0 Å². The standard InChI is InChI=1S/C14H28N4O/c1-6-19-9-7-8-18-11-12(2)16-14(18)15-10-13(3)17(4)5/h11,13H,6-10H2,1-5H3,(H,15,16). The van der Waals surface area contributed by atoms with Gasteiger partial charge < -0.3 is 19.5 Å². The van der Waals surface area contributed by atoms with Crippen LogP contribution in [-0.4, -0.2) is 54.3 Å². The number of nitrogens with zero attached hydrogens (tertiary/aromatic N) is 3. The summed E-state index contributed by atoms with van der Waals surface area (Å²) in [5.74, 6) is 0.961. The number of nitrogens with one attached hydrogen (secondary N) is 1. The zero-order valence-electron chi connectivity index (χ0n) is 12.9. The number of hydrogen-bond donors (Lipinski definition) is 1. The van der Waals surface area contributed by atoms with Crippen molar-refractivity contribution in [2.45, 2.75) is 39.8 Å². The maximum absolute atomic E-state index is 5.37. The van der Waals surface area contributed by atoms with Crippen LogP contribution in [0.5, 0.6) is 0 Å². The SMILES string of the molecule is CCOCCCn1cc(C)nc1NCC(C)N(C)C. The molecular formula is C14H28N4O. The largest absolute Gasteiger partial charge is 0.382 e. The first-order valence-corrected chi connectivity index (χ1v) is 7.06. The van der Waals surface area contributed by atoms with Gasteiger partial charge in [0.05, 0.1) is 5.69 Å². The molecule has 110 valence electrons. The van der Waals surface area contributed by atoms with Gasteiger partial charge in [-0.25, -0.2) is 4.98 Å². The number of hydrogen-bond acceptors (Lipinski definition) is 4. The van der Waals surface area contributed by atoms with E-state index in [-0.39, 0.29) is 0 Å². The molecule has 0 aliphatic carbocycles. The van der Waals surface area contributed by atoms with Crippen molar-refractivity contribution < 1.29 is 4.74 Å². The van der Waals surface area contributed by atoms with Crippen molar-refractivity contribution in [3.05, 3.63) is 11.9 Å². The van der Waals surface area contributed by atoms with Gasteiger partial charge in [-0.05, 0) is 41.3 Å². The fourth-order valence-electron chi connectivity index (χ4n) is 1.76. The molecule has 0 bridgehead atoms. The van der Waals surface area contributed by atoms with E-state index < -0.39 is 0 Å². The van der Waals surface area contributed by atoms with Crippen LogP contribution in [0.1, 0.15) is 26.0 Å². The number of rotatable bonds is 9. The van der Waals surface area contributed by atoms with E-state index in [9.17, 15) is 0 Å². The third kappa shape index (κ3) is 5.61. The molecule has 0 radical (unpaired) electrons. The molecule has 1 aromatic rings. The Balaban J connectivity index is 2.48. The molecule has 1 rings (SSSR count). The Hall–Kier alpha value is -1.07. The van der Waals surface area contributed by atoms with Crippen molar-refractivity contribution in [1.29, 1.82) is 0 Å². The molecule has 0 saturated heterocycles. The molecule has 5 heteroatoms. The Bertz CT molecular complexity index is 362. The minimum Gasteiger partial charge on any atom is -0.382 e. The average molecular weight is 268 g/mol. The fraction of sp³-hybridized carbons (Fsp3) is 0.786. The highest BCUT2D eigenvalue weighted by Crippen LogP contribution is 2.10. The Morgan fingerprint density at radius 2 is 2.21 bits per heavy atom. The molecular weight excluding hydrogens is 240 g/mol. The van der Waals surface area contributed by atoms with Gasteiger partial charge in [0, 0.05) is 38.5 Å². The summed E-state index contributed by atoms with van der Waals surface area (Å²) in [7, 11) is 4.18. The minimum absolute atomic E-state index is 0.480. The van der Waals surface area contributed by atoms with Crippen LogP contribution in [0.3, 0.4) is 0 Å². The number of ether oxygens (including phenoxy) is 1. The van der Waals surface area contributed by atoms with Crippen LogP contribution in [0.4, 0.5) is 5.95 Å². The summed E-state index contributed by atoms with van der Waals surface area (Å²) >= 11 is 0. The van der Waals surface area contributed by atoms with Crippen molar-refractivity contribution in [3.63, 3.8) is 0 Å². The fourth-order valence-corrected chi connectivity index (χ4v) is 1.76. The zero-order chi connectivity index (χ0) is 14.3. The van der Waals surface area contributed by atoms with Crippen molar-refractivity contribution in [1.82, 2.24) is 14.5 Å². The van der Waals surface area contributed by atoms with E-state index in [4.69, 9.17) is 4.74 Å². The molecule has 0 spiro atoms. The monoisotopic (exact) mass is 268 g/mol. The lowest BCUT2D eigenvalue weighted by Gasteiger charge is -2.20. The van der Waals surface area contributed by atoms with Gasteiger partial charge in [-0.15, -0.1) is 0 Å². The van der Waals surface area contributed by atoms with Crippen molar-refractivity contribution in [2.75, 3.05) is 39.2 Å². The van der Waals surface area contributed by atoms with E-state index in [0.717, 1.165) is 44.4 Å². The van der Waals surface area contributed by atoms with Gasteiger partial charge in [-0.2, -0.15) is 0 Å². The lowest BCUT2D eigenvalue weighted by molar-refractivity contribution is 0.142. The van der Waals surface area contributed by atoms with Gasteiger partial charge in [0.15, 0.2) is 0 Å². The van der Waals surface area contributed by atoms with E-state index >= 15 is 0 Å². The van der Waals surface area contributed by atoms with Crippen LogP contribution in [0.2, 0.25) is 0 Å². The van der Waals surface area contributed by atoms with Gasteiger partial charge in [0.2, 0.25) is 5.95 Å². The Kier molecular flexibility index (Phi) is 6.87. The molecule has 0 amide bonds. The predicted octanol–water partition coefficient (Wildman–Crippen LogP) is 1.98. The third-order valence-corrected chi connectivity index (χ3v) is 3.23. The zero-order valence-corrected chi connectivity index (χ0v) is 12.9. The van der Waals surface area contributed by atoms with Crippen LogP contribution < -0.4 is 5.32 Å². The van der Waals surface area contributed by atoms with Gasteiger partial charge in [0.25, 0.3) is 0 Å². The molecule has 1 unspecified atom stereocenters. The number of anilines is 1. The summed E-state index contributed by atoms with van der Waals surface area (Å²) < 4.78 is 7.55. The molecule has 0 saturated carbocycles. The van der Waals surface area contributed by atoms with E-state index in [1.165, 1.54) is 0 Å². The molecule has 19 heavy (non-hydrogen) atoms. The lowest BCUT2D eigenvalue weighted by atomic mass is 10.3. The summed E-state index contributed by atoms with van der Waals surface area (Å²) in [6, 6.07) is 0.480. The molecule has 1 aromatic heterocycles. The second kappa shape index (κ2) is 8.17. The molecule has 5 nitrogen and oxygen atoms in total. The highest BCUT2D eigenvalue weighted by Gasteiger charge is 2.08. The third-order valence-electron chi connectivity index (χ3n) is 3.23. The highest BCUT2D eigenvalue weighted by molar-refractivity contribution is 5.28. The smallest absolute Gasteiger partial charge is 0.203 e. The number of aromatic nitrogens is 2. The van der Waals surface area contributed by atoms with Crippen molar-refractivity contribution >= 4 is 5.95 Å². The van der Waals surface area contributed by atoms with E-state index in [0.29, 0.717) is 6.04 Å². The first-order valence-electron chi connectivity index (χ1n) is 7.06. The molecule has 0 fully saturated rings. The van der Waals surface area contributed by atoms with Crippen LogP contribution in [0.15, 0.2) is 6.20 Å². The van der Waals surface area contributed by atoms with Gasteiger partial charge in [0.1, 0.15) is 0 Å². The minimum atomic E-state index is 0.480. The summed E-state index contributed by atoms with van der Waals surface area (Å²) in [6.07, 6.45) is 3.11. The summed E-state index contributed by atoms with van der Waals surface area (Å²) in [5.41, 5.74) is 1.05. The predicted molar refractivity (Wildman–Crippen MR) is 79.7 cm³/mol. The maximum Gasteiger partial charge on any atom is 0.203 e. The van der Waals surface area contributed by atoms with E-state index in [1.54, 1.807) is 0 Å². The van der Waals surface area contributed by atoms with E-state index in [1.807, 2.05) is 13.8 Å². The molecule has 0 aliphatic heterocycles. The first-order chi connectivity index (χ1) is 9.04. The molecule has 0 aromatic carbocycles. The molecule has 1 N–H and O–H groups in total. The van der Waals surface area contributed by atoms with Crippen molar-refractivity contribution in [3.8, 4) is 0 Å².